The highest BCUT2D eigenvalue weighted by Crippen LogP contribution is 2.20. The first kappa shape index (κ1) is 14.1. The van der Waals surface area contributed by atoms with Gasteiger partial charge in [-0.25, -0.2) is 0 Å². The van der Waals surface area contributed by atoms with Crippen LogP contribution in [0.4, 0.5) is 0 Å². The van der Waals surface area contributed by atoms with Gasteiger partial charge >= 0.3 is 0 Å². The highest BCUT2D eigenvalue weighted by atomic mass is 16.5. The van der Waals surface area contributed by atoms with Gasteiger partial charge in [-0.15, -0.1) is 0 Å². The summed E-state index contributed by atoms with van der Waals surface area (Å²) in [7, 11) is 1.66. The van der Waals surface area contributed by atoms with Gasteiger partial charge in [0.15, 0.2) is 5.69 Å². The lowest BCUT2D eigenvalue weighted by atomic mass is 10.1. The van der Waals surface area contributed by atoms with Gasteiger partial charge in [-0.3, -0.25) is 4.79 Å². The molecule has 0 radical (unpaired) electrons. The molecule has 1 amide bonds. The van der Waals surface area contributed by atoms with Crippen molar-refractivity contribution in [1.29, 1.82) is 0 Å². The van der Waals surface area contributed by atoms with E-state index in [0.717, 1.165) is 31.6 Å². The van der Waals surface area contributed by atoms with Crippen molar-refractivity contribution < 1.29 is 14.1 Å². The van der Waals surface area contributed by atoms with E-state index in [2.05, 4.69) is 19.0 Å². The van der Waals surface area contributed by atoms with Crippen LogP contribution in [0.15, 0.2) is 10.6 Å². The number of hydrogen-bond donors (Lipinski definition) is 0. The molecule has 0 spiro atoms. The normalized spacial score (nSPS) is 19.4. The lowest BCUT2D eigenvalue weighted by Crippen LogP contribution is -2.38. The predicted molar refractivity (Wildman–Crippen MR) is 71.0 cm³/mol. The fourth-order valence-electron chi connectivity index (χ4n) is 2.53. The summed E-state index contributed by atoms with van der Waals surface area (Å²) < 4.78 is 10.4. The molecule has 1 atom stereocenters. The third-order valence-corrected chi connectivity index (χ3v) is 3.38. The minimum atomic E-state index is -0.0432. The van der Waals surface area contributed by atoms with Crippen LogP contribution < -0.4 is 0 Å². The quantitative estimate of drug-likeness (QED) is 0.819. The summed E-state index contributed by atoms with van der Waals surface area (Å²) >= 11 is 0. The summed E-state index contributed by atoms with van der Waals surface area (Å²) in [6.07, 6.45) is 2.83. The summed E-state index contributed by atoms with van der Waals surface area (Å²) in [5.74, 6) is 1.23. The number of carbonyl (C=O) groups excluding carboxylic acids is 1. The van der Waals surface area contributed by atoms with Crippen molar-refractivity contribution in [2.24, 2.45) is 5.92 Å². The van der Waals surface area contributed by atoms with Gasteiger partial charge < -0.3 is 14.2 Å². The molecule has 1 fully saturated rings. The van der Waals surface area contributed by atoms with Crippen molar-refractivity contribution in [2.45, 2.75) is 39.2 Å². The second kappa shape index (κ2) is 6.19. The average molecular weight is 266 g/mol. The predicted octanol–water partition coefficient (Wildman–Crippen LogP) is 2.12. The number of aromatic nitrogens is 1. The van der Waals surface area contributed by atoms with Crippen molar-refractivity contribution in [3.05, 3.63) is 17.5 Å². The Labute approximate surface area is 113 Å². The van der Waals surface area contributed by atoms with Crippen molar-refractivity contribution in [1.82, 2.24) is 10.1 Å². The van der Waals surface area contributed by atoms with Crippen LogP contribution in [-0.2, 0) is 11.2 Å². The Balaban J connectivity index is 2.04. The van der Waals surface area contributed by atoms with E-state index in [9.17, 15) is 4.79 Å². The molecule has 1 aromatic rings. The molecule has 0 unspecified atom stereocenters. The maximum absolute atomic E-state index is 12.4. The summed E-state index contributed by atoms with van der Waals surface area (Å²) in [6.45, 7) is 5.58. The molecule has 1 saturated heterocycles. The zero-order chi connectivity index (χ0) is 13.8. The molecule has 1 aliphatic heterocycles. The monoisotopic (exact) mass is 266 g/mol. The van der Waals surface area contributed by atoms with E-state index in [-0.39, 0.29) is 11.9 Å². The number of methoxy groups -OCH3 is 1. The van der Waals surface area contributed by atoms with Crippen LogP contribution in [0.25, 0.3) is 0 Å². The van der Waals surface area contributed by atoms with Crippen LogP contribution in [0, 0.1) is 5.92 Å². The molecule has 1 aromatic heterocycles. The molecule has 1 aliphatic rings. The van der Waals surface area contributed by atoms with Gasteiger partial charge in [0.1, 0.15) is 5.76 Å². The van der Waals surface area contributed by atoms with E-state index in [0.29, 0.717) is 18.2 Å². The first-order valence-electron chi connectivity index (χ1n) is 6.87. The smallest absolute Gasteiger partial charge is 0.276 e. The standard InChI is InChI=1S/C14H22N2O3/c1-10(2)7-12-8-13(15-19-12)14(17)16-6-4-5-11(16)9-18-3/h8,10-11H,4-7,9H2,1-3H3/t11-/m0/s1. The first-order valence-corrected chi connectivity index (χ1v) is 6.87. The van der Waals surface area contributed by atoms with Crippen molar-refractivity contribution in [3.63, 3.8) is 0 Å². The van der Waals surface area contributed by atoms with E-state index in [4.69, 9.17) is 9.26 Å². The van der Waals surface area contributed by atoms with Gasteiger partial charge in [0, 0.05) is 26.1 Å². The number of carbonyl (C=O) groups is 1. The molecule has 5 nitrogen and oxygen atoms in total. The van der Waals surface area contributed by atoms with Crippen LogP contribution >= 0.6 is 0 Å². The maximum Gasteiger partial charge on any atom is 0.276 e. The average Bonchev–Trinajstić information content (AvgIpc) is 2.97. The topological polar surface area (TPSA) is 55.6 Å². The SMILES string of the molecule is COC[C@@H]1CCCN1C(=O)c1cc(CC(C)C)on1. The lowest BCUT2D eigenvalue weighted by molar-refractivity contribution is 0.0621. The van der Waals surface area contributed by atoms with E-state index in [1.54, 1.807) is 13.2 Å². The van der Waals surface area contributed by atoms with Crippen LogP contribution in [0.5, 0.6) is 0 Å². The van der Waals surface area contributed by atoms with E-state index in [1.165, 1.54) is 0 Å². The highest BCUT2D eigenvalue weighted by Gasteiger charge is 2.30. The molecule has 0 N–H and O–H groups in total. The molecule has 2 heterocycles. The second-order valence-electron chi connectivity index (χ2n) is 5.53. The largest absolute Gasteiger partial charge is 0.383 e. The van der Waals surface area contributed by atoms with Crippen molar-refractivity contribution in [2.75, 3.05) is 20.3 Å². The number of amides is 1. The highest BCUT2D eigenvalue weighted by molar-refractivity contribution is 5.92. The van der Waals surface area contributed by atoms with Gasteiger partial charge in [0.25, 0.3) is 5.91 Å². The van der Waals surface area contributed by atoms with Crippen LogP contribution in [-0.4, -0.2) is 42.3 Å². The summed E-state index contributed by atoms with van der Waals surface area (Å²) in [4.78, 5) is 14.2. The molecule has 0 bridgehead atoms. The van der Waals surface area contributed by atoms with Gasteiger partial charge in [0.05, 0.1) is 12.6 Å². The Kier molecular flexibility index (Phi) is 4.58. The number of hydrogen-bond acceptors (Lipinski definition) is 4. The molecular weight excluding hydrogens is 244 g/mol. The van der Waals surface area contributed by atoms with Gasteiger partial charge in [0.2, 0.25) is 0 Å². The Hall–Kier alpha value is -1.36. The maximum atomic E-state index is 12.4. The van der Waals surface area contributed by atoms with Crippen LogP contribution in [0.2, 0.25) is 0 Å². The van der Waals surface area contributed by atoms with Crippen molar-refractivity contribution in [3.8, 4) is 0 Å². The molecular formula is C14H22N2O3. The summed E-state index contributed by atoms with van der Waals surface area (Å²) in [5, 5.41) is 3.90. The van der Waals surface area contributed by atoms with Crippen LogP contribution in [0.3, 0.4) is 0 Å². The number of nitrogens with zero attached hydrogens (tertiary/aromatic N) is 2. The molecule has 0 saturated carbocycles. The molecule has 5 heteroatoms. The van der Waals surface area contributed by atoms with E-state index < -0.39 is 0 Å². The molecule has 106 valence electrons. The fourth-order valence-corrected chi connectivity index (χ4v) is 2.53. The summed E-state index contributed by atoms with van der Waals surface area (Å²) in [5.41, 5.74) is 0.415. The minimum Gasteiger partial charge on any atom is -0.383 e. The zero-order valence-electron chi connectivity index (χ0n) is 11.9. The van der Waals surface area contributed by atoms with E-state index in [1.807, 2.05) is 4.90 Å². The fraction of sp³-hybridized carbons (Fsp3) is 0.714. The van der Waals surface area contributed by atoms with Gasteiger partial charge in [-0.1, -0.05) is 19.0 Å². The molecule has 19 heavy (non-hydrogen) atoms. The molecule has 0 aliphatic carbocycles. The Bertz CT molecular complexity index is 428. The minimum absolute atomic E-state index is 0.0432. The summed E-state index contributed by atoms with van der Waals surface area (Å²) in [6, 6.07) is 1.94. The number of ether oxygens (including phenoxy) is 1. The van der Waals surface area contributed by atoms with E-state index >= 15 is 0 Å². The molecule has 0 aromatic carbocycles. The van der Waals surface area contributed by atoms with Crippen molar-refractivity contribution >= 4 is 5.91 Å². The van der Waals surface area contributed by atoms with Gasteiger partial charge in [-0.2, -0.15) is 0 Å². The number of likely N-dealkylation sites (tertiary alicyclic amines) is 1. The zero-order valence-corrected chi connectivity index (χ0v) is 11.9. The first-order chi connectivity index (χ1) is 9.11. The Morgan fingerprint density at radius 3 is 3.11 bits per heavy atom. The van der Waals surface area contributed by atoms with Crippen LogP contribution in [0.1, 0.15) is 42.9 Å². The Morgan fingerprint density at radius 2 is 2.42 bits per heavy atom. The Morgan fingerprint density at radius 1 is 1.63 bits per heavy atom. The second-order valence-corrected chi connectivity index (χ2v) is 5.53. The third kappa shape index (κ3) is 3.35. The number of rotatable bonds is 5. The molecule has 2 rings (SSSR count). The lowest BCUT2D eigenvalue weighted by Gasteiger charge is -2.22. The van der Waals surface area contributed by atoms with Gasteiger partial charge in [-0.05, 0) is 18.8 Å². The third-order valence-electron chi connectivity index (χ3n) is 3.38.